The summed E-state index contributed by atoms with van der Waals surface area (Å²) in [4.78, 5) is 0. The number of hydrogen-bond donors (Lipinski definition) is 1. The smallest absolute Gasteiger partial charge is 0.151 e. The van der Waals surface area contributed by atoms with Gasteiger partial charge < -0.3 is 5.32 Å². The lowest BCUT2D eigenvalue weighted by molar-refractivity contribution is 0.455. The third-order valence-electron chi connectivity index (χ3n) is 3.49. The Balaban J connectivity index is 1.75. The molecule has 16 heavy (non-hydrogen) atoms. The monoisotopic (exact) mass is 263 g/mol. The van der Waals surface area contributed by atoms with Crippen LogP contribution in [0.2, 0.25) is 0 Å². The van der Waals surface area contributed by atoms with Gasteiger partial charge in [-0.1, -0.05) is 6.92 Å². The van der Waals surface area contributed by atoms with E-state index in [1.807, 2.05) is 11.8 Å². The Morgan fingerprint density at radius 3 is 2.69 bits per heavy atom. The summed E-state index contributed by atoms with van der Waals surface area (Å²) in [6.45, 7) is 2.20. The Morgan fingerprint density at radius 1 is 1.25 bits per heavy atom. The Morgan fingerprint density at radius 2 is 2.06 bits per heavy atom. The predicted molar refractivity (Wildman–Crippen MR) is 69.8 cm³/mol. The molecule has 1 saturated carbocycles. The molecule has 0 aromatic heterocycles. The van der Waals surface area contributed by atoms with Crippen molar-refractivity contribution >= 4 is 21.6 Å². The molecule has 3 atom stereocenters. The van der Waals surface area contributed by atoms with Gasteiger partial charge in [-0.05, 0) is 31.4 Å². The SMILES string of the molecule is CCSC1CCC(NC2CCS(=O)(=O)C2)C1. The lowest BCUT2D eigenvalue weighted by Gasteiger charge is -2.17. The third-order valence-corrected chi connectivity index (χ3v) is 6.49. The Labute approximate surface area is 103 Å². The van der Waals surface area contributed by atoms with Crippen molar-refractivity contribution < 1.29 is 8.42 Å². The molecular formula is C11H21NO2S2. The maximum absolute atomic E-state index is 11.3. The van der Waals surface area contributed by atoms with Gasteiger partial charge in [0.1, 0.15) is 0 Å². The van der Waals surface area contributed by atoms with Gasteiger partial charge >= 0.3 is 0 Å². The fourth-order valence-corrected chi connectivity index (χ4v) is 5.57. The molecule has 1 aliphatic carbocycles. The minimum absolute atomic E-state index is 0.223. The highest BCUT2D eigenvalue weighted by molar-refractivity contribution is 7.99. The summed E-state index contributed by atoms with van der Waals surface area (Å²) in [5, 5.41) is 4.32. The van der Waals surface area contributed by atoms with Gasteiger partial charge in [0.05, 0.1) is 11.5 Å². The molecule has 0 spiro atoms. The van der Waals surface area contributed by atoms with Crippen molar-refractivity contribution in [3.8, 4) is 0 Å². The minimum Gasteiger partial charge on any atom is -0.310 e. The Bertz CT molecular complexity index is 329. The van der Waals surface area contributed by atoms with Gasteiger partial charge in [-0.25, -0.2) is 8.42 Å². The summed E-state index contributed by atoms with van der Waals surface area (Å²) in [6.07, 6.45) is 4.53. The van der Waals surface area contributed by atoms with E-state index in [4.69, 9.17) is 0 Å². The second-order valence-corrected chi connectivity index (χ2v) is 8.66. The first-order chi connectivity index (χ1) is 7.59. The van der Waals surface area contributed by atoms with Crippen LogP contribution in [0.5, 0.6) is 0 Å². The molecule has 5 heteroatoms. The molecule has 3 unspecified atom stereocenters. The fourth-order valence-electron chi connectivity index (χ4n) is 2.74. The second-order valence-electron chi connectivity index (χ2n) is 4.85. The van der Waals surface area contributed by atoms with Gasteiger partial charge in [-0.3, -0.25) is 0 Å². The van der Waals surface area contributed by atoms with Crippen molar-refractivity contribution in [2.24, 2.45) is 0 Å². The number of thioether (sulfide) groups is 1. The van der Waals surface area contributed by atoms with Crippen LogP contribution in [0, 0.1) is 0 Å². The molecule has 3 nitrogen and oxygen atoms in total. The van der Waals surface area contributed by atoms with Crippen LogP contribution in [0.1, 0.15) is 32.6 Å². The van der Waals surface area contributed by atoms with E-state index >= 15 is 0 Å². The summed E-state index contributed by atoms with van der Waals surface area (Å²) < 4.78 is 22.7. The number of rotatable bonds is 4. The normalized spacial score (nSPS) is 37.9. The van der Waals surface area contributed by atoms with Crippen LogP contribution in [0.3, 0.4) is 0 Å². The molecule has 0 aromatic rings. The maximum Gasteiger partial charge on any atom is 0.151 e. The highest BCUT2D eigenvalue weighted by atomic mass is 32.2. The lowest BCUT2D eigenvalue weighted by Crippen LogP contribution is -2.37. The predicted octanol–water partition coefficient (Wildman–Crippen LogP) is 1.44. The molecule has 0 aromatic carbocycles. The van der Waals surface area contributed by atoms with Gasteiger partial charge in [0.25, 0.3) is 0 Å². The zero-order chi connectivity index (χ0) is 11.6. The standard InChI is InChI=1S/C11H21NO2S2/c1-2-15-11-4-3-9(7-11)12-10-5-6-16(13,14)8-10/h9-12H,2-8H2,1H3. The fraction of sp³-hybridized carbons (Fsp3) is 1.00. The van der Waals surface area contributed by atoms with E-state index in [9.17, 15) is 8.42 Å². The van der Waals surface area contributed by atoms with Crippen molar-refractivity contribution in [2.45, 2.75) is 49.9 Å². The molecule has 2 aliphatic rings. The van der Waals surface area contributed by atoms with Crippen LogP contribution in [-0.4, -0.2) is 43.0 Å². The topological polar surface area (TPSA) is 46.2 Å². The lowest BCUT2D eigenvalue weighted by atomic mass is 10.2. The molecule has 2 rings (SSSR count). The van der Waals surface area contributed by atoms with Gasteiger partial charge in [-0.2, -0.15) is 11.8 Å². The van der Waals surface area contributed by atoms with E-state index in [1.54, 1.807) is 0 Å². The first-order valence-electron chi connectivity index (χ1n) is 6.17. The molecule has 1 heterocycles. The van der Waals surface area contributed by atoms with E-state index in [2.05, 4.69) is 12.2 Å². The average Bonchev–Trinajstić information content (AvgIpc) is 2.75. The number of sulfone groups is 1. The van der Waals surface area contributed by atoms with Crippen molar-refractivity contribution in [3.05, 3.63) is 0 Å². The minimum atomic E-state index is -2.73. The molecule has 0 bridgehead atoms. The quantitative estimate of drug-likeness (QED) is 0.833. The van der Waals surface area contributed by atoms with E-state index in [1.165, 1.54) is 25.0 Å². The number of nitrogens with one attached hydrogen (secondary N) is 1. The molecule has 0 amide bonds. The summed E-state index contributed by atoms with van der Waals surface area (Å²) in [6, 6.07) is 0.780. The summed E-state index contributed by atoms with van der Waals surface area (Å²) in [5.74, 6) is 1.93. The largest absolute Gasteiger partial charge is 0.310 e. The zero-order valence-corrected chi connectivity index (χ0v) is 11.4. The van der Waals surface area contributed by atoms with Crippen LogP contribution < -0.4 is 5.32 Å². The van der Waals surface area contributed by atoms with Gasteiger partial charge in [-0.15, -0.1) is 0 Å². The molecular weight excluding hydrogens is 242 g/mol. The molecule has 0 radical (unpaired) electrons. The van der Waals surface area contributed by atoms with Crippen molar-refractivity contribution in [1.82, 2.24) is 5.32 Å². The zero-order valence-electron chi connectivity index (χ0n) is 9.81. The van der Waals surface area contributed by atoms with E-state index in [0.717, 1.165) is 11.7 Å². The van der Waals surface area contributed by atoms with Crippen molar-refractivity contribution in [3.63, 3.8) is 0 Å². The van der Waals surface area contributed by atoms with Crippen LogP contribution in [0.4, 0.5) is 0 Å². The molecule has 1 aliphatic heterocycles. The third kappa shape index (κ3) is 3.37. The van der Waals surface area contributed by atoms with Crippen LogP contribution in [-0.2, 0) is 9.84 Å². The highest BCUT2D eigenvalue weighted by Crippen LogP contribution is 2.30. The Kier molecular flexibility index (Phi) is 4.19. The highest BCUT2D eigenvalue weighted by Gasteiger charge is 2.32. The van der Waals surface area contributed by atoms with Crippen molar-refractivity contribution in [2.75, 3.05) is 17.3 Å². The van der Waals surface area contributed by atoms with Crippen LogP contribution in [0.15, 0.2) is 0 Å². The first-order valence-corrected chi connectivity index (χ1v) is 9.04. The van der Waals surface area contributed by atoms with E-state index in [0.29, 0.717) is 17.5 Å². The van der Waals surface area contributed by atoms with E-state index in [-0.39, 0.29) is 6.04 Å². The molecule has 94 valence electrons. The van der Waals surface area contributed by atoms with E-state index < -0.39 is 9.84 Å². The summed E-state index contributed by atoms with van der Waals surface area (Å²) in [5.41, 5.74) is 0. The number of hydrogen-bond acceptors (Lipinski definition) is 4. The second kappa shape index (κ2) is 5.27. The van der Waals surface area contributed by atoms with Crippen LogP contribution in [0.25, 0.3) is 0 Å². The first kappa shape index (κ1) is 12.7. The van der Waals surface area contributed by atoms with Crippen molar-refractivity contribution in [1.29, 1.82) is 0 Å². The summed E-state index contributed by atoms with van der Waals surface area (Å²) >= 11 is 2.04. The van der Waals surface area contributed by atoms with Gasteiger partial charge in [0, 0.05) is 17.3 Å². The molecule has 1 saturated heterocycles. The molecule has 1 N–H and O–H groups in total. The van der Waals surface area contributed by atoms with Gasteiger partial charge in [0.2, 0.25) is 0 Å². The maximum atomic E-state index is 11.3. The summed E-state index contributed by atoms with van der Waals surface area (Å²) in [7, 11) is -2.73. The Hall–Kier alpha value is 0.260. The van der Waals surface area contributed by atoms with Gasteiger partial charge in [0.15, 0.2) is 9.84 Å². The molecule has 2 fully saturated rings. The van der Waals surface area contributed by atoms with Crippen LogP contribution >= 0.6 is 11.8 Å². The average molecular weight is 263 g/mol.